The maximum atomic E-state index is 10.4. The van der Waals surface area contributed by atoms with Gasteiger partial charge in [0.25, 0.3) is 0 Å². The van der Waals surface area contributed by atoms with Crippen LogP contribution >= 0.6 is 0 Å². The number of rotatable bonds is 40. The summed E-state index contributed by atoms with van der Waals surface area (Å²) in [5.74, 6) is -1.35. The van der Waals surface area contributed by atoms with Gasteiger partial charge in [-0.15, -0.1) is 0 Å². The minimum absolute atomic E-state index is 0.319. The van der Waals surface area contributed by atoms with E-state index in [9.17, 15) is 9.59 Å². The third-order valence-electron chi connectivity index (χ3n) is 9.69. The normalized spacial score (nSPS) is 11.0. The number of nitrogens with two attached hydrogens (primary N) is 2. The standard InChI is InChI=1S/C23H50N2.C19H36O4/c24-22-20-18-16-14-12-10-8-6-4-2-1-3-5-7-9-11-13-15-17-19-21-23-25;20-18(21)16-14-12-10-8-6-4-2-1-3-5-7-9-11-13-15-17-19(22)23/h1-25H2;1-17H2,(H,20,21)(H,22,23). The van der Waals surface area contributed by atoms with Crippen LogP contribution in [0, 0.1) is 0 Å². The number of unbranched alkanes of at least 4 members (excludes halogenated alkanes) is 34. The minimum atomic E-state index is -0.676. The van der Waals surface area contributed by atoms with Gasteiger partial charge in [-0.3, -0.25) is 9.59 Å². The predicted molar refractivity (Wildman–Crippen MR) is 209 cm³/mol. The van der Waals surface area contributed by atoms with Crippen LogP contribution in [0.3, 0.4) is 0 Å². The molecule has 0 fully saturated rings. The Kier molecular flexibility index (Phi) is 46.8. The van der Waals surface area contributed by atoms with Crippen molar-refractivity contribution in [1.29, 1.82) is 0 Å². The number of carboxylic acids is 2. The highest BCUT2D eigenvalue weighted by Crippen LogP contribution is 2.16. The third-order valence-corrected chi connectivity index (χ3v) is 9.69. The van der Waals surface area contributed by atoms with Crippen molar-refractivity contribution in [2.75, 3.05) is 13.1 Å². The first-order valence-corrected chi connectivity index (χ1v) is 21.4. The Morgan fingerprint density at radius 1 is 0.250 bits per heavy atom. The summed E-state index contributed by atoms with van der Waals surface area (Å²) < 4.78 is 0. The summed E-state index contributed by atoms with van der Waals surface area (Å²) in [5, 5.41) is 17.1. The molecule has 0 aliphatic heterocycles. The molecule has 0 radical (unpaired) electrons. The Morgan fingerprint density at radius 2 is 0.375 bits per heavy atom. The van der Waals surface area contributed by atoms with Crippen molar-refractivity contribution >= 4 is 11.9 Å². The van der Waals surface area contributed by atoms with Crippen molar-refractivity contribution in [1.82, 2.24) is 0 Å². The average molecular weight is 683 g/mol. The molecule has 0 aliphatic carbocycles. The molecule has 0 aromatic carbocycles. The van der Waals surface area contributed by atoms with E-state index in [2.05, 4.69) is 0 Å². The fraction of sp³-hybridized carbons (Fsp3) is 0.952. The molecule has 6 heteroatoms. The van der Waals surface area contributed by atoms with Crippen LogP contribution in [0.15, 0.2) is 0 Å². The van der Waals surface area contributed by atoms with E-state index in [1.807, 2.05) is 0 Å². The van der Waals surface area contributed by atoms with Crippen LogP contribution in [0.25, 0.3) is 0 Å². The molecule has 0 spiro atoms. The molecule has 0 aliphatic rings. The molecule has 0 saturated heterocycles. The van der Waals surface area contributed by atoms with Crippen molar-refractivity contribution in [3.8, 4) is 0 Å². The second-order valence-corrected chi connectivity index (χ2v) is 14.6. The Hall–Kier alpha value is -1.14. The van der Waals surface area contributed by atoms with Gasteiger partial charge in [-0.2, -0.15) is 0 Å². The van der Waals surface area contributed by atoms with Gasteiger partial charge in [0.1, 0.15) is 0 Å². The SMILES string of the molecule is NCCCCCCCCCCCCCCCCCCCCCCCN.O=C(O)CCCCCCCCCCCCCCCCCC(=O)O. The Bertz CT molecular complexity index is 566. The number of hydrogen-bond acceptors (Lipinski definition) is 4. The van der Waals surface area contributed by atoms with E-state index < -0.39 is 11.9 Å². The van der Waals surface area contributed by atoms with Crippen LogP contribution in [0.5, 0.6) is 0 Å². The van der Waals surface area contributed by atoms with Crippen LogP contribution in [0.4, 0.5) is 0 Å². The van der Waals surface area contributed by atoms with Gasteiger partial charge in [0, 0.05) is 12.8 Å². The molecule has 0 aromatic heterocycles. The third kappa shape index (κ3) is 51.7. The summed E-state index contributed by atoms with van der Waals surface area (Å²) in [6, 6.07) is 0. The lowest BCUT2D eigenvalue weighted by molar-refractivity contribution is -0.138. The van der Waals surface area contributed by atoms with Crippen molar-refractivity contribution in [3.05, 3.63) is 0 Å². The van der Waals surface area contributed by atoms with Crippen LogP contribution in [0.1, 0.15) is 244 Å². The number of carboxylic acid groups (broad SMARTS) is 2. The topological polar surface area (TPSA) is 127 Å². The fourth-order valence-electron chi connectivity index (χ4n) is 6.50. The van der Waals surface area contributed by atoms with E-state index in [1.54, 1.807) is 0 Å². The number of hydrogen-bond donors (Lipinski definition) is 4. The van der Waals surface area contributed by atoms with E-state index >= 15 is 0 Å². The van der Waals surface area contributed by atoms with Crippen LogP contribution in [-0.2, 0) is 9.59 Å². The highest BCUT2D eigenvalue weighted by molar-refractivity contribution is 5.66. The largest absolute Gasteiger partial charge is 0.481 e. The van der Waals surface area contributed by atoms with Gasteiger partial charge in [0.05, 0.1) is 0 Å². The van der Waals surface area contributed by atoms with Gasteiger partial charge in [0.2, 0.25) is 0 Å². The van der Waals surface area contributed by atoms with Gasteiger partial charge >= 0.3 is 11.9 Å². The molecule has 0 unspecified atom stereocenters. The summed E-state index contributed by atoms with van der Waals surface area (Å²) in [6.45, 7) is 1.74. The van der Waals surface area contributed by atoms with Crippen LogP contribution in [-0.4, -0.2) is 35.2 Å². The van der Waals surface area contributed by atoms with Crippen molar-refractivity contribution in [2.24, 2.45) is 11.5 Å². The van der Waals surface area contributed by atoms with Crippen molar-refractivity contribution < 1.29 is 19.8 Å². The summed E-state index contributed by atoms with van der Waals surface area (Å²) >= 11 is 0. The first-order valence-electron chi connectivity index (χ1n) is 21.4. The molecule has 0 amide bonds. The lowest BCUT2D eigenvalue weighted by Crippen LogP contribution is -1.97. The van der Waals surface area contributed by atoms with Crippen LogP contribution < -0.4 is 11.5 Å². The van der Waals surface area contributed by atoms with E-state index in [0.717, 1.165) is 38.8 Å². The zero-order chi connectivity index (χ0) is 35.4. The average Bonchev–Trinajstić information content (AvgIpc) is 3.07. The Morgan fingerprint density at radius 3 is 0.500 bits per heavy atom. The van der Waals surface area contributed by atoms with E-state index in [-0.39, 0.29) is 0 Å². The lowest BCUT2D eigenvalue weighted by atomic mass is 10.0. The molecule has 0 saturated carbocycles. The fourth-order valence-corrected chi connectivity index (χ4v) is 6.50. The molecule has 0 aromatic rings. The van der Waals surface area contributed by atoms with E-state index in [1.165, 1.54) is 205 Å². The molecular weight excluding hydrogens is 596 g/mol. The summed E-state index contributed by atoms with van der Waals surface area (Å²) in [7, 11) is 0. The number of carbonyl (C=O) groups is 2. The first-order chi connectivity index (χ1) is 23.5. The molecule has 48 heavy (non-hydrogen) atoms. The van der Waals surface area contributed by atoms with Gasteiger partial charge in [-0.25, -0.2) is 0 Å². The molecule has 0 rings (SSSR count). The Balaban J connectivity index is 0. The monoisotopic (exact) mass is 683 g/mol. The molecule has 0 heterocycles. The molecule has 288 valence electrons. The predicted octanol–water partition coefficient (Wildman–Crippen LogP) is 12.9. The smallest absolute Gasteiger partial charge is 0.303 e. The molecule has 0 bridgehead atoms. The van der Waals surface area contributed by atoms with Gasteiger partial charge < -0.3 is 21.7 Å². The highest BCUT2D eigenvalue weighted by atomic mass is 16.4. The Labute approximate surface area is 299 Å². The zero-order valence-electron chi connectivity index (χ0n) is 32.1. The molecule has 0 atom stereocenters. The maximum absolute atomic E-state index is 10.4. The lowest BCUT2D eigenvalue weighted by Gasteiger charge is -2.04. The minimum Gasteiger partial charge on any atom is -0.481 e. The zero-order valence-corrected chi connectivity index (χ0v) is 32.1. The first kappa shape index (κ1) is 49.0. The van der Waals surface area contributed by atoms with Gasteiger partial charge in [-0.05, 0) is 38.8 Å². The van der Waals surface area contributed by atoms with Crippen molar-refractivity contribution in [3.63, 3.8) is 0 Å². The van der Waals surface area contributed by atoms with E-state index in [4.69, 9.17) is 21.7 Å². The van der Waals surface area contributed by atoms with Gasteiger partial charge in [-0.1, -0.05) is 205 Å². The second-order valence-electron chi connectivity index (χ2n) is 14.6. The van der Waals surface area contributed by atoms with Gasteiger partial charge in [0.15, 0.2) is 0 Å². The molecule has 6 nitrogen and oxygen atoms in total. The van der Waals surface area contributed by atoms with Crippen molar-refractivity contribution in [2.45, 2.75) is 244 Å². The second kappa shape index (κ2) is 45.9. The molecule has 6 N–H and O–H groups in total. The van der Waals surface area contributed by atoms with E-state index in [0.29, 0.717) is 12.8 Å². The van der Waals surface area contributed by atoms with Crippen LogP contribution in [0.2, 0.25) is 0 Å². The summed E-state index contributed by atoms with van der Waals surface area (Å²) in [4.78, 5) is 20.7. The summed E-state index contributed by atoms with van der Waals surface area (Å²) in [5.41, 5.74) is 11.0. The maximum Gasteiger partial charge on any atom is 0.303 e. The number of aliphatic carboxylic acids is 2. The molecular formula is C42H86N2O4. The quantitative estimate of drug-likeness (QED) is 0.0476. The highest BCUT2D eigenvalue weighted by Gasteiger charge is 1.99. The summed E-state index contributed by atoms with van der Waals surface area (Å²) in [6.07, 6.45) is 48.2.